The minimum absolute atomic E-state index is 0.251. The van der Waals surface area contributed by atoms with Gasteiger partial charge in [0, 0.05) is 0 Å². The predicted octanol–water partition coefficient (Wildman–Crippen LogP) is 3.54. The fraction of sp³-hybridized carbons (Fsp3) is 0.167. The van der Waals surface area contributed by atoms with Gasteiger partial charge in [-0.25, -0.2) is 4.39 Å². The molecule has 0 aliphatic heterocycles. The highest BCUT2D eigenvalue weighted by atomic mass is 79.9. The molecule has 4 heteroatoms. The van der Waals surface area contributed by atoms with Gasteiger partial charge in [-0.05, 0) is 52.2 Å². The summed E-state index contributed by atoms with van der Waals surface area (Å²) in [6, 6.07) is 8.05. The Balaban J connectivity index is 2.33. The van der Waals surface area contributed by atoms with Crippen molar-refractivity contribution in [1.82, 2.24) is 0 Å². The van der Waals surface area contributed by atoms with Crippen molar-refractivity contribution in [1.29, 1.82) is 0 Å². The first-order chi connectivity index (χ1) is 7.58. The highest BCUT2D eigenvalue weighted by molar-refractivity contribution is 9.10. The van der Waals surface area contributed by atoms with Crippen LogP contribution in [0.15, 0.2) is 39.4 Å². The molecule has 0 aliphatic carbocycles. The minimum atomic E-state index is -0.443. The maximum atomic E-state index is 13.4. The van der Waals surface area contributed by atoms with Gasteiger partial charge in [0.25, 0.3) is 0 Å². The number of furan rings is 1. The van der Waals surface area contributed by atoms with E-state index < -0.39 is 6.04 Å². The van der Waals surface area contributed by atoms with Crippen molar-refractivity contribution in [2.75, 3.05) is 0 Å². The fourth-order valence-electron chi connectivity index (χ4n) is 1.46. The highest BCUT2D eigenvalue weighted by Gasteiger charge is 2.14. The normalized spacial score (nSPS) is 12.8. The number of hydrogen-bond donors (Lipinski definition) is 1. The highest BCUT2D eigenvalue weighted by Crippen LogP contribution is 2.25. The van der Waals surface area contributed by atoms with Gasteiger partial charge in [-0.1, -0.05) is 12.1 Å². The van der Waals surface area contributed by atoms with Gasteiger partial charge in [-0.15, -0.1) is 0 Å². The van der Waals surface area contributed by atoms with Gasteiger partial charge < -0.3 is 10.2 Å². The van der Waals surface area contributed by atoms with E-state index in [0.717, 1.165) is 0 Å². The van der Waals surface area contributed by atoms with Crippen LogP contribution in [0.2, 0.25) is 0 Å². The van der Waals surface area contributed by atoms with Crippen molar-refractivity contribution in [2.24, 2.45) is 5.73 Å². The van der Waals surface area contributed by atoms with Crippen molar-refractivity contribution in [3.63, 3.8) is 0 Å². The number of hydrogen-bond acceptors (Lipinski definition) is 2. The van der Waals surface area contributed by atoms with Gasteiger partial charge in [0.2, 0.25) is 0 Å². The lowest BCUT2D eigenvalue weighted by atomic mass is 10.0. The van der Waals surface area contributed by atoms with Crippen LogP contribution in [-0.2, 0) is 0 Å². The Morgan fingerprint density at radius 3 is 2.62 bits per heavy atom. The molecule has 16 heavy (non-hydrogen) atoms. The van der Waals surface area contributed by atoms with Crippen LogP contribution in [0.25, 0.3) is 0 Å². The average Bonchev–Trinajstić information content (AvgIpc) is 2.68. The van der Waals surface area contributed by atoms with Crippen LogP contribution in [0.5, 0.6) is 0 Å². The Kier molecular flexibility index (Phi) is 3.12. The second kappa shape index (κ2) is 4.39. The van der Waals surface area contributed by atoms with E-state index in [-0.39, 0.29) is 5.82 Å². The minimum Gasteiger partial charge on any atom is -0.452 e. The second-order valence-electron chi connectivity index (χ2n) is 3.63. The zero-order valence-electron chi connectivity index (χ0n) is 8.71. The first-order valence-electron chi connectivity index (χ1n) is 4.85. The number of aryl methyl sites for hydroxylation is 1. The molecule has 0 radical (unpaired) electrons. The summed E-state index contributed by atoms with van der Waals surface area (Å²) in [6.45, 7) is 1.72. The third-order valence-electron chi connectivity index (χ3n) is 2.46. The smallest absolute Gasteiger partial charge is 0.169 e. The lowest BCUT2D eigenvalue weighted by Gasteiger charge is -2.09. The molecule has 84 valence electrons. The van der Waals surface area contributed by atoms with Crippen molar-refractivity contribution >= 4 is 15.9 Å². The summed E-state index contributed by atoms with van der Waals surface area (Å²) in [5, 5.41) is 0. The number of benzene rings is 1. The molecule has 1 aromatic heterocycles. The van der Waals surface area contributed by atoms with E-state index >= 15 is 0 Å². The second-order valence-corrected chi connectivity index (χ2v) is 4.41. The molecule has 1 heterocycles. The van der Waals surface area contributed by atoms with Crippen LogP contribution >= 0.6 is 15.9 Å². The largest absolute Gasteiger partial charge is 0.452 e. The van der Waals surface area contributed by atoms with Gasteiger partial charge in [0.05, 0.1) is 6.04 Å². The third kappa shape index (κ3) is 2.18. The number of nitrogens with two attached hydrogens (primary N) is 1. The molecule has 0 saturated heterocycles. The monoisotopic (exact) mass is 283 g/mol. The third-order valence-corrected chi connectivity index (χ3v) is 2.88. The SMILES string of the molecule is Cc1ccc(C(N)c2ccc(Br)o2)cc1F. The molecular weight excluding hydrogens is 273 g/mol. The molecule has 2 rings (SSSR count). The Hall–Kier alpha value is -1.13. The lowest BCUT2D eigenvalue weighted by molar-refractivity contribution is 0.469. The van der Waals surface area contributed by atoms with E-state index in [1.807, 2.05) is 0 Å². The Bertz CT molecular complexity index is 509. The van der Waals surface area contributed by atoms with E-state index in [2.05, 4.69) is 15.9 Å². The summed E-state index contributed by atoms with van der Waals surface area (Å²) in [5.41, 5.74) is 7.27. The summed E-state index contributed by atoms with van der Waals surface area (Å²) >= 11 is 3.20. The summed E-state index contributed by atoms with van der Waals surface area (Å²) in [6.07, 6.45) is 0. The van der Waals surface area contributed by atoms with Crippen LogP contribution < -0.4 is 5.73 Å². The Morgan fingerprint density at radius 2 is 2.06 bits per heavy atom. The lowest BCUT2D eigenvalue weighted by Crippen LogP contribution is -2.11. The summed E-state index contributed by atoms with van der Waals surface area (Å²) in [4.78, 5) is 0. The molecule has 1 atom stereocenters. The molecule has 0 fully saturated rings. The van der Waals surface area contributed by atoms with Crippen molar-refractivity contribution < 1.29 is 8.81 Å². The number of rotatable bonds is 2. The standard InChI is InChI=1S/C12H11BrFNO/c1-7-2-3-8(6-9(7)14)12(15)10-4-5-11(13)16-10/h2-6,12H,15H2,1H3. The first kappa shape index (κ1) is 11.4. The zero-order valence-corrected chi connectivity index (χ0v) is 10.3. The molecule has 2 nitrogen and oxygen atoms in total. The van der Waals surface area contributed by atoms with Gasteiger partial charge in [0.1, 0.15) is 11.6 Å². The molecule has 0 saturated carbocycles. The van der Waals surface area contributed by atoms with Crippen LogP contribution in [-0.4, -0.2) is 0 Å². The maximum absolute atomic E-state index is 13.4. The van der Waals surface area contributed by atoms with E-state index in [1.54, 1.807) is 31.2 Å². The predicted molar refractivity (Wildman–Crippen MR) is 63.6 cm³/mol. The van der Waals surface area contributed by atoms with Gasteiger partial charge in [-0.3, -0.25) is 0 Å². The Morgan fingerprint density at radius 1 is 1.31 bits per heavy atom. The van der Waals surface area contributed by atoms with Crippen molar-refractivity contribution in [3.8, 4) is 0 Å². The average molecular weight is 284 g/mol. The molecule has 1 aromatic carbocycles. The molecular formula is C12H11BrFNO. The molecule has 1 unspecified atom stereocenters. The van der Waals surface area contributed by atoms with Crippen LogP contribution in [0.1, 0.15) is 22.9 Å². The fourth-order valence-corrected chi connectivity index (χ4v) is 1.78. The van der Waals surface area contributed by atoms with Crippen molar-refractivity contribution in [3.05, 3.63) is 57.7 Å². The van der Waals surface area contributed by atoms with Gasteiger partial charge in [-0.2, -0.15) is 0 Å². The first-order valence-corrected chi connectivity index (χ1v) is 5.64. The number of halogens is 2. The van der Waals surface area contributed by atoms with Crippen molar-refractivity contribution in [2.45, 2.75) is 13.0 Å². The molecule has 0 aliphatic rings. The molecule has 0 bridgehead atoms. The molecule has 0 spiro atoms. The molecule has 2 N–H and O–H groups in total. The van der Waals surface area contributed by atoms with E-state index in [9.17, 15) is 4.39 Å². The quantitative estimate of drug-likeness (QED) is 0.916. The van der Waals surface area contributed by atoms with E-state index in [1.165, 1.54) is 6.07 Å². The van der Waals surface area contributed by atoms with Gasteiger partial charge in [0.15, 0.2) is 4.67 Å². The summed E-state index contributed by atoms with van der Waals surface area (Å²) in [7, 11) is 0. The van der Waals surface area contributed by atoms with Gasteiger partial charge >= 0.3 is 0 Å². The Labute approximate surface area is 101 Å². The zero-order chi connectivity index (χ0) is 11.7. The van der Waals surface area contributed by atoms with Crippen LogP contribution in [0, 0.1) is 12.7 Å². The molecule has 2 aromatic rings. The van der Waals surface area contributed by atoms with E-state index in [0.29, 0.717) is 21.6 Å². The van der Waals surface area contributed by atoms with Crippen LogP contribution in [0.4, 0.5) is 4.39 Å². The van der Waals surface area contributed by atoms with E-state index in [4.69, 9.17) is 10.2 Å². The summed E-state index contributed by atoms with van der Waals surface area (Å²) < 4.78 is 19.3. The maximum Gasteiger partial charge on any atom is 0.169 e. The molecule has 0 amide bonds. The topological polar surface area (TPSA) is 39.2 Å². The van der Waals surface area contributed by atoms with Crippen LogP contribution in [0.3, 0.4) is 0 Å². The summed E-state index contributed by atoms with van der Waals surface area (Å²) in [5.74, 6) is 0.355.